The Labute approximate surface area is 124 Å². The molecule has 0 aliphatic carbocycles. The minimum atomic E-state index is 0.324. The third kappa shape index (κ3) is 2.69. The first-order valence-corrected chi connectivity index (χ1v) is 8.46. The number of nitrogens with one attached hydrogen (secondary N) is 1. The number of aryl methyl sites for hydroxylation is 2. The van der Waals surface area contributed by atoms with E-state index in [9.17, 15) is 0 Å². The maximum Gasteiger partial charge on any atom is 0.155 e. The standard InChI is InChI=1S/C15H22N4S/c1-10-8-15-16-9-14(12(3)19(15)18-10)11(2)17-13-4-6-20-7-5-13/h8-9,11,13,17H,4-7H2,1-3H3. The van der Waals surface area contributed by atoms with Crippen molar-refractivity contribution in [1.82, 2.24) is 19.9 Å². The SMILES string of the molecule is Cc1cc2ncc(C(C)NC3CCSCC3)c(C)n2n1. The molecular formula is C15H22N4S. The van der Waals surface area contributed by atoms with Gasteiger partial charge in [0, 0.05) is 35.6 Å². The molecule has 1 aliphatic heterocycles. The Morgan fingerprint density at radius 2 is 2.10 bits per heavy atom. The van der Waals surface area contributed by atoms with Crippen LogP contribution in [0.5, 0.6) is 0 Å². The lowest BCUT2D eigenvalue weighted by molar-refractivity contribution is 0.428. The fraction of sp³-hybridized carbons (Fsp3) is 0.600. The molecule has 1 saturated heterocycles. The molecule has 5 heteroatoms. The zero-order chi connectivity index (χ0) is 14.1. The maximum atomic E-state index is 4.53. The van der Waals surface area contributed by atoms with E-state index in [1.54, 1.807) is 0 Å². The number of fused-ring (bicyclic) bond motifs is 1. The summed E-state index contributed by atoms with van der Waals surface area (Å²) in [5.41, 5.74) is 4.39. The Balaban J connectivity index is 1.83. The van der Waals surface area contributed by atoms with Gasteiger partial charge < -0.3 is 5.32 Å². The fourth-order valence-corrected chi connectivity index (χ4v) is 4.02. The van der Waals surface area contributed by atoms with Crippen LogP contribution in [0.1, 0.15) is 42.8 Å². The molecule has 0 aromatic carbocycles. The number of hydrogen-bond acceptors (Lipinski definition) is 4. The van der Waals surface area contributed by atoms with Gasteiger partial charge in [-0.1, -0.05) is 0 Å². The van der Waals surface area contributed by atoms with Crippen LogP contribution in [0.15, 0.2) is 12.3 Å². The Kier molecular flexibility index (Phi) is 3.98. The van der Waals surface area contributed by atoms with Crippen molar-refractivity contribution in [2.24, 2.45) is 0 Å². The predicted molar refractivity (Wildman–Crippen MR) is 84.4 cm³/mol. The van der Waals surface area contributed by atoms with Crippen molar-refractivity contribution in [3.63, 3.8) is 0 Å². The van der Waals surface area contributed by atoms with Crippen molar-refractivity contribution in [3.8, 4) is 0 Å². The minimum absolute atomic E-state index is 0.324. The summed E-state index contributed by atoms with van der Waals surface area (Å²) in [6.07, 6.45) is 4.54. The van der Waals surface area contributed by atoms with E-state index in [0.29, 0.717) is 12.1 Å². The van der Waals surface area contributed by atoms with E-state index in [1.165, 1.54) is 35.6 Å². The summed E-state index contributed by atoms with van der Waals surface area (Å²) in [5, 5.41) is 8.28. The van der Waals surface area contributed by atoms with E-state index in [4.69, 9.17) is 0 Å². The lowest BCUT2D eigenvalue weighted by Crippen LogP contribution is -2.35. The number of nitrogens with zero attached hydrogens (tertiary/aromatic N) is 3. The Morgan fingerprint density at radius 3 is 2.85 bits per heavy atom. The van der Waals surface area contributed by atoms with Gasteiger partial charge in [-0.25, -0.2) is 9.50 Å². The van der Waals surface area contributed by atoms with Gasteiger partial charge in [0.2, 0.25) is 0 Å². The molecule has 2 aromatic heterocycles. The monoisotopic (exact) mass is 290 g/mol. The zero-order valence-electron chi connectivity index (χ0n) is 12.4. The van der Waals surface area contributed by atoms with Gasteiger partial charge in [-0.3, -0.25) is 0 Å². The third-order valence-electron chi connectivity index (χ3n) is 4.06. The summed E-state index contributed by atoms with van der Waals surface area (Å²) in [6, 6.07) is 2.98. The van der Waals surface area contributed by atoms with Gasteiger partial charge in [0.1, 0.15) is 0 Å². The average molecular weight is 290 g/mol. The first-order chi connectivity index (χ1) is 9.65. The maximum absolute atomic E-state index is 4.53. The summed E-state index contributed by atoms with van der Waals surface area (Å²) in [4.78, 5) is 4.53. The van der Waals surface area contributed by atoms with E-state index in [2.05, 4.69) is 41.0 Å². The summed E-state index contributed by atoms with van der Waals surface area (Å²) in [6.45, 7) is 6.37. The fourth-order valence-electron chi connectivity index (χ4n) is 2.91. The van der Waals surface area contributed by atoms with Gasteiger partial charge in [-0.15, -0.1) is 0 Å². The molecule has 0 radical (unpaired) electrons. The molecule has 0 saturated carbocycles. The lowest BCUT2D eigenvalue weighted by Gasteiger charge is -2.27. The Bertz CT molecular complexity index is 601. The highest BCUT2D eigenvalue weighted by Gasteiger charge is 2.19. The van der Waals surface area contributed by atoms with Gasteiger partial charge in [0.05, 0.1) is 5.69 Å². The molecule has 3 heterocycles. The Hall–Kier alpha value is -1.07. The minimum Gasteiger partial charge on any atom is -0.307 e. The lowest BCUT2D eigenvalue weighted by atomic mass is 10.1. The van der Waals surface area contributed by atoms with Crippen LogP contribution in [0, 0.1) is 13.8 Å². The van der Waals surface area contributed by atoms with Crippen molar-refractivity contribution in [2.45, 2.75) is 45.7 Å². The van der Waals surface area contributed by atoms with Crippen molar-refractivity contribution in [1.29, 1.82) is 0 Å². The summed E-state index contributed by atoms with van der Waals surface area (Å²) in [5.74, 6) is 2.55. The second kappa shape index (κ2) is 5.74. The molecule has 1 unspecified atom stereocenters. The van der Waals surface area contributed by atoms with Crippen molar-refractivity contribution in [3.05, 3.63) is 29.2 Å². The summed E-state index contributed by atoms with van der Waals surface area (Å²) >= 11 is 2.06. The molecular weight excluding hydrogens is 268 g/mol. The molecule has 1 aliphatic rings. The smallest absolute Gasteiger partial charge is 0.155 e. The van der Waals surface area contributed by atoms with Crippen molar-refractivity contribution < 1.29 is 0 Å². The summed E-state index contributed by atoms with van der Waals surface area (Å²) in [7, 11) is 0. The topological polar surface area (TPSA) is 42.2 Å². The van der Waals surface area contributed by atoms with Crippen LogP contribution in [0.2, 0.25) is 0 Å². The van der Waals surface area contributed by atoms with Crippen LogP contribution in [0.3, 0.4) is 0 Å². The molecule has 1 fully saturated rings. The highest BCUT2D eigenvalue weighted by atomic mass is 32.2. The van der Waals surface area contributed by atoms with Crippen LogP contribution in [-0.2, 0) is 0 Å². The first kappa shape index (κ1) is 13.9. The highest BCUT2D eigenvalue weighted by Crippen LogP contribution is 2.22. The second-order valence-electron chi connectivity index (χ2n) is 5.63. The molecule has 3 rings (SSSR count). The number of rotatable bonds is 3. The van der Waals surface area contributed by atoms with Crippen LogP contribution < -0.4 is 5.32 Å². The first-order valence-electron chi connectivity index (χ1n) is 7.31. The van der Waals surface area contributed by atoms with E-state index >= 15 is 0 Å². The molecule has 0 bridgehead atoms. The average Bonchev–Trinajstić information content (AvgIpc) is 2.82. The van der Waals surface area contributed by atoms with Crippen LogP contribution in [-0.4, -0.2) is 32.1 Å². The normalized spacial score (nSPS) is 18.6. The number of hydrogen-bond donors (Lipinski definition) is 1. The van der Waals surface area contributed by atoms with Gasteiger partial charge in [-0.05, 0) is 45.1 Å². The van der Waals surface area contributed by atoms with Crippen LogP contribution >= 0.6 is 11.8 Å². The third-order valence-corrected chi connectivity index (χ3v) is 5.11. The van der Waals surface area contributed by atoms with Crippen LogP contribution in [0.4, 0.5) is 0 Å². The quantitative estimate of drug-likeness (QED) is 0.944. The largest absolute Gasteiger partial charge is 0.307 e. The molecule has 0 spiro atoms. The molecule has 1 N–H and O–H groups in total. The van der Waals surface area contributed by atoms with E-state index < -0.39 is 0 Å². The van der Waals surface area contributed by atoms with Crippen LogP contribution in [0.25, 0.3) is 5.65 Å². The van der Waals surface area contributed by atoms with E-state index in [1.807, 2.05) is 23.7 Å². The Morgan fingerprint density at radius 1 is 1.35 bits per heavy atom. The zero-order valence-corrected chi connectivity index (χ0v) is 13.2. The van der Waals surface area contributed by atoms with E-state index in [0.717, 1.165) is 11.3 Å². The van der Waals surface area contributed by atoms with Crippen molar-refractivity contribution >= 4 is 17.4 Å². The molecule has 1 atom stereocenters. The molecule has 108 valence electrons. The van der Waals surface area contributed by atoms with Gasteiger partial charge >= 0.3 is 0 Å². The number of thioether (sulfide) groups is 1. The molecule has 20 heavy (non-hydrogen) atoms. The van der Waals surface area contributed by atoms with Crippen molar-refractivity contribution in [2.75, 3.05) is 11.5 Å². The van der Waals surface area contributed by atoms with Gasteiger partial charge in [0.15, 0.2) is 5.65 Å². The molecule has 0 amide bonds. The highest BCUT2D eigenvalue weighted by molar-refractivity contribution is 7.99. The predicted octanol–water partition coefficient (Wildman–Crippen LogP) is 2.89. The molecule has 4 nitrogen and oxygen atoms in total. The molecule has 2 aromatic rings. The second-order valence-corrected chi connectivity index (χ2v) is 6.85. The number of aromatic nitrogens is 3. The summed E-state index contributed by atoms with van der Waals surface area (Å²) < 4.78 is 1.96. The van der Waals surface area contributed by atoms with E-state index in [-0.39, 0.29) is 0 Å². The van der Waals surface area contributed by atoms with Gasteiger partial charge in [-0.2, -0.15) is 16.9 Å². The van der Waals surface area contributed by atoms with Gasteiger partial charge in [0.25, 0.3) is 0 Å².